The number of nitrogens with zero attached hydrogens (tertiary/aromatic N) is 2. The predicted octanol–water partition coefficient (Wildman–Crippen LogP) is 2.16. The van der Waals surface area contributed by atoms with Gasteiger partial charge in [-0.05, 0) is 13.0 Å². The van der Waals surface area contributed by atoms with E-state index >= 15 is 0 Å². The van der Waals surface area contributed by atoms with E-state index in [1.807, 2.05) is 32.2 Å². The fourth-order valence-electron chi connectivity index (χ4n) is 1.93. The van der Waals surface area contributed by atoms with E-state index in [1.165, 1.54) is 0 Å². The SMILES string of the molecule is COc1ccc(C)cc1CC(=O)c1cncn1C. The van der Waals surface area contributed by atoms with Crippen molar-refractivity contribution in [3.63, 3.8) is 0 Å². The highest BCUT2D eigenvalue weighted by Crippen LogP contribution is 2.21. The molecule has 0 aliphatic carbocycles. The molecule has 0 fully saturated rings. The highest BCUT2D eigenvalue weighted by Gasteiger charge is 2.13. The van der Waals surface area contributed by atoms with Gasteiger partial charge in [0.25, 0.3) is 0 Å². The molecule has 0 aliphatic rings. The van der Waals surface area contributed by atoms with Crippen LogP contribution in [0.15, 0.2) is 30.7 Å². The van der Waals surface area contributed by atoms with Gasteiger partial charge < -0.3 is 9.30 Å². The van der Waals surface area contributed by atoms with Gasteiger partial charge >= 0.3 is 0 Å². The monoisotopic (exact) mass is 244 g/mol. The van der Waals surface area contributed by atoms with Crippen LogP contribution in [0.4, 0.5) is 0 Å². The number of Topliss-reactive ketones (excluding diaryl/α,β-unsaturated/α-hetero) is 1. The average Bonchev–Trinajstić information content (AvgIpc) is 2.76. The Morgan fingerprint density at radius 1 is 1.44 bits per heavy atom. The number of benzene rings is 1. The molecule has 18 heavy (non-hydrogen) atoms. The van der Waals surface area contributed by atoms with Crippen LogP contribution in [0.1, 0.15) is 21.6 Å². The molecule has 0 N–H and O–H groups in total. The van der Waals surface area contributed by atoms with Crippen molar-refractivity contribution in [1.29, 1.82) is 0 Å². The van der Waals surface area contributed by atoms with Crippen LogP contribution in [0.25, 0.3) is 0 Å². The Kier molecular flexibility index (Phi) is 3.46. The molecule has 2 rings (SSSR count). The van der Waals surface area contributed by atoms with Crippen molar-refractivity contribution in [3.8, 4) is 5.75 Å². The van der Waals surface area contributed by atoms with Crippen LogP contribution in [0.2, 0.25) is 0 Å². The summed E-state index contributed by atoms with van der Waals surface area (Å²) < 4.78 is 7.00. The van der Waals surface area contributed by atoms with Gasteiger partial charge in [-0.15, -0.1) is 0 Å². The number of carbonyl (C=O) groups is 1. The minimum Gasteiger partial charge on any atom is -0.496 e. The summed E-state index contributed by atoms with van der Waals surface area (Å²) in [6.45, 7) is 2.00. The van der Waals surface area contributed by atoms with Gasteiger partial charge in [0.05, 0.1) is 19.6 Å². The van der Waals surface area contributed by atoms with Crippen molar-refractivity contribution in [1.82, 2.24) is 9.55 Å². The van der Waals surface area contributed by atoms with Gasteiger partial charge in [-0.25, -0.2) is 4.98 Å². The van der Waals surface area contributed by atoms with Gasteiger partial charge in [-0.1, -0.05) is 17.7 Å². The van der Waals surface area contributed by atoms with E-state index in [4.69, 9.17) is 4.74 Å². The van der Waals surface area contributed by atoms with Crippen molar-refractivity contribution in [3.05, 3.63) is 47.5 Å². The van der Waals surface area contributed by atoms with Crippen LogP contribution in [-0.2, 0) is 13.5 Å². The van der Waals surface area contributed by atoms with Crippen LogP contribution in [0.3, 0.4) is 0 Å². The Balaban J connectivity index is 2.27. The average molecular weight is 244 g/mol. The third kappa shape index (κ3) is 2.42. The van der Waals surface area contributed by atoms with Gasteiger partial charge in [0, 0.05) is 19.0 Å². The van der Waals surface area contributed by atoms with Crippen molar-refractivity contribution in [2.24, 2.45) is 7.05 Å². The molecule has 0 saturated carbocycles. The first-order chi connectivity index (χ1) is 8.61. The summed E-state index contributed by atoms with van der Waals surface area (Å²) in [5.41, 5.74) is 2.63. The number of methoxy groups -OCH3 is 1. The molecule has 94 valence electrons. The van der Waals surface area contributed by atoms with Crippen molar-refractivity contribution in [2.75, 3.05) is 7.11 Å². The van der Waals surface area contributed by atoms with Gasteiger partial charge in [-0.2, -0.15) is 0 Å². The first-order valence-electron chi connectivity index (χ1n) is 5.75. The van der Waals surface area contributed by atoms with E-state index in [0.29, 0.717) is 12.1 Å². The Morgan fingerprint density at radius 3 is 2.83 bits per heavy atom. The van der Waals surface area contributed by atoms with E-state index in [1.54, 1.807) is 24.2 Å². The first kappa shape index (κ1) is 12.4. The highest BCUT2D eigenvalue weighted by molar-refractivity contribution is 5.96. The van der Waals surface area contributed by atoms with E-state index in [-0.39, 0.29) is 5.78 Å². The quantitative estimate of drug-likeness (QED) is 0.774. The standard InChI is InChI=1S/C14H16N2O2/c1-10-4-5-14(18-3)11(6-10)7-13(17)12-8-15-9-16(12)2/h4-6,8-9H,7H2,1-3H3. The van der Waals surface area contributed by atoms with Gasteiger partial charge in [0.1, 0.15) is 11.4 Å². The molecule has 0 unspecified atom stereocenters. The number of aryl methyl sites for hydroxylation is 2. The minimum absolute atomic E-state index is 0.0406. The number of imidazole rings is 1. The summed E-state index contributed by atoms with van der Waals surface area (Å²) in [7, 11) is 3.43. The Morgan fingerprint density at radius 2 is 2.22 bits per heavy atom. The molecule has 0 saturated heterocycles. The summed E-state index contributed by atoms with van der Waals surface area (Å²) in [6, 6.07) is 5.84. The normalized spacial score (nSPS) is 10.4. The van der Waals surface area contributed by atoms with Crippen LogP contribution in [0.5, 0.6) is 5.75 Å². The summed E-state index contributed by atoms with van der Waals surface area (Å²) >= 11 is 0. The van der Waals surface area contributed by atoms with Crippen molar-refractivity contribution < 1.29 is 9.53 Å². The molecular formula is C14H16N2O2. The molecular weight excluding hydrogens is 228 g/mol. The molecule has 0 amide bonds. The van der Waals surface area contributed by atoms with E-state index in [2.05, 4.69) is 4.98 Å². The highest BCUT2D eigenvalue weighted by atomic mass is 16.5. The van der Waals surface area contributed by atoms with Gasteiger partial charge in [-0.3, -0.25) is 4.79 Å². The second-order valence-electron chi connectivity index (χ2n) is 4.31. The number of hydrogen-bond donors (Lipinski definition) is 0. The fraction of sp³-hybridized carbons (Fsp3) is 0.286. The second-order valence-corrected chi connectivity index (χ2v) is 4.31. The van der Waals surface area contributed by atoms with E-state index in [9.17, 15) is 4.79 Å². The molecule has 1 aromatic carbocycles. The Bertz CT molecular complexity index is 573. The Labute approximate surface area is 106 Å². The zero-order valence-corrected chi connectivity index (χ0v) is 10.8. The molecule has 4 nitrogen and oxygen atoms in total. The largest absolute Gasteiger partial charge is 0.496 e. The van der Waals surface area contributed by atoms with E-state index in [0.717, 1.165) is 16.9 Å². The van der Waals surface area contributed by atoms with Crippen LogP contribution in [-0.4, -0.2) is 22.4 Å². The number of aromatic nitrogens is 2. The van der Waals surface area contributed by atoms with Crippen LogP contribution >= 0.6 is 0 Å². The lowest BCUT2D eigenvalue weighted by Crippen LogP contribution is -2.09. The predicted molar refractivity (Wildman–Crippen MR) is 69.0 cm³/mol. The molecule has 0 atom stereocenters. The smallest absolute Gasteiger partial charge is 0.185 e. The van der Waals surface area contributed by atoms with Crippen molar-refractivity contribution in [2.45, 2.75) is 13.3 Å². The third-order valence-corrected chi connectivity index (χ3v) is 2.89. The molecule has 4 heteroatoms. The minimum atomic E-state index is 0.0406. The number of carbonyl (C=O) groups excluding carboxylic acids is 1. The van der Waals surface area contributed by atoms with Crippen molar-refractivity contribution >= 4 is 5.78 Å². The van der Waals surface area contributed by atoms with E-state index < -0.39 is 0 Å². The maximum absolute atomic E-state index is 12.2. The molecule has 0 bridgehead atoms. The fourth-order valence-corrected chi connectivity index (χ4v) is 1.93. The van der Waals surface area contributed by atoms with Gasteiger partial charge in [0.2, 0.25) is 0 Å². The zero-order chi connectivity index (χ0) is 13.1. The topological polar surface area (TPSA) is 44.1 Å². The molecule has 2 aromatic rings. The molecule has 0 radical (unpaired) electrons. The first-order valence-corrected chi connectivity index (χ1v) is 5.75. The lowest BCUT2D eigenvalue weighted by Gasteiger charge is -2.09. The summed E-state index contributed by atoms with van der Waals surface area (Å²) in [6.07, 6.45) is 3.54. The van der Waals surface area contributed by atoms with Crippen LogP contribution < -0.4 is 4.74 Å². The number of ether oxygens (including phenoxy) is 1. The zero-order valence-electron chi connectivity index (χ0n) is 10.8. The lowest BCUT2D eigenvalue weighted by molar-refractivity contribution is 0.0984. The second kappa shape index (κ2) is 5.04. The molecule has 1 aromatic heterocycles. The van der Waals surface area contributed by atoms with Gasteiger partial charge in [0.15, 0.2) is 5.78 Å². The molecule has 1 heterocycles. The number of rotatable bonds is 4. The molecule has 0 spiro atoms. The summed E-state index contributed by atoms with van der Waals surface area (Å²) in [5.74, 6) is 0.787. The maximum atomic E-state index is 12.2. The number of ketones is 1. The third-order valence-electron chi connectivity index (χ3n) is 2.89. The number of hydrogen-bond acceptors (Lipinski definition) is 3. The molecule has 0 aliphatic heterocycles. The summed E-state index contributed by atoms with van der Waals surface area (Å²) in [5, 5.41) is 0. The lowest BCUT2D eigenvalue weighted by atomic mass is 10.0. The summed E-state index contributed by atoms with van der Waals surface area (Å²) in [4.78, 5) is 16.1. The Hall–Kier alpha value is -2.10. The van der Waals surface area contributed by atoms with Crippen LogP contribution in [0, 0.1) is 6.92 Å². The maximum Gasteiger partial charge on any atom is 0.185 e.